The van der Waals surface area contributed by atoms with Crippen molar-refractivity contribution in [1.29, 1.82) is 0 Å². The molecule has 1 aromatic heterocycles. The number of aromatic nitrogens is 1. The van der Waals surface area contributed by atoms with Crippen molar-refractivity contribution >= 4 is 11.3 Å². The van der Waals surface area contributed by atoms with Crippen LogP contribution in [0.3, 0.4) is 0 Å². The number of nitrogens with zero attached hydrogens (tertiary/aromatic N) is 2. The van der Waals surface area contributed by atoms with Gasteiger partial charge in [0, 0.05) is 35.6 Å². The van der Waals surface area contributed by atoms with Crippen molar-refractivity contribution in [2.75, 3.05) is 34.3 Å². The third kappa shape index (κ3) is 6.68. The zero-order valence-corrected chi connectivity index (χ0v) is 18.3. The molecule has 1 heterocycles. The Morgan fingerprint density at radius 1 is 1.03 bits per heavy atom. The molecule has 5 nitrogen and oxygen atoms in total. The Morgan fingerprint density at radius 3 is 2.42 bits per heavy atom. The molecule has 31 heavy (non-hydrogen) atoms. The summed E-state index contributed by atoms with van der Waals surface area (Å²) in [5.74, 6) is 0.471. The molecule has 2 aromatic carbocycles. The molecule has 0 saturated heterocycles. The van der Waals surface area contributed by atoms with Gasteiger partial charge in [-0.15, -0.1) is 24.5 Å². The van der Waals surface area contributed by atoms with Gasteiger partial charge in [0.2, 0.25) is 0 Å². The Morgan fingerprint density at radius 2 is 1.77 bits per heavy atom. The molecule has 0 saturated carbocycles. The van der Waals surface area contributed by atoms with E-state index in [1.807, 2.05) is 38.4 Å². The minimum Gasteiger partial charge on any atom is -0.497 e. The van der Waals surface area contributed by atoms with E-state index >= 15 is 0 Å². The van der Waals surface area contributed by atoms with E-state index in [0.29, 0.717) is 6.54 Å². The predicted molar refractivity (Wildman–Crippen MR) is 116 cm³/mol. The third-order valence-corrected chi connectivity index (χ3v) is 5.50. The van der Waals surface area contributed by atoms with Gasteiger partial charge in [-0.3, -0.25) is 0 Å². The van der Waals surface area contributed by atoms with Crippen LogP contribution < -0.4 is 14.8 Å². The number of halogens is 3. The van der Waals surface area contributed by atoms with Crippen molar-refractivity contribution < 1.29 is 22.6 Å². The van der Waals surface area contributed by atoms with Gasteiger partial charge < -0.3 is 19.7 Å². The van der Waals surface area contributed by atoms with Crippen LogP contribution in [-0.2, 0) is 6.54 Å². The smallest absolute Gasteiger partial charge is 0.497 e. The molecule has 166 valence electrons. The highest BCUT2D eigenvalue weighted by Gasteiger charge is 2.31. The Balaban J connectivity index is 1.88. The fourth-order valence-electron chi connectivity index (χ4n) is 2.89. The van der Waals surface area contributed by atoms with Crippen LogP contribution >= 0.6 is 11.3 Å². The van der Waals surface area contributed by atoms with Crippen LogP contribution in [-0.4, -0.2) is 50.5 Å². The van der Waals surface area contributed by atoms with Gasteiger partial charge in [-0.25, -0.2) is 4.98 Å². The average Bonchev–Trinajstić information content (AvgIpc) is 3.15. The number of thiazole rings is 1. The molecule has 0 amide bonds. The highest BCUT2D eigenvalue weighted by atomic mass is 32.1. The third-order valence-electron chi connectivity index (χ3n) is 4.40. The zero-order chi connectivity index (χ0) is 22.4. The van der Waals surface area contributed by atoms with E-state index in [1.54, 1.807) is 19.2 Å². The lowest BCUT2D eigenvalue weighted by molar-refractivity contribution is -0.274. The van der Waals surface area contributed by atoms with E-state index in [1.165, 1.54) is 23.5 Å². The molecule has 0 unspecified atom stereocenters. The monoisotopic (exact) mass is 451 g/mol. The second kappa shape index (κ2) is 10.1. The average molecular weight is 452 g/mol. The van der Waals surface area contributed by atoms with Crippen molar-refractivity contribution in [2.45, 2.75) is 12.9 Å². The second-order valence-corrected chi connectivity index (χ2v) is 8.16. The molecule has 0 fully saturated rings. The topological polar surface area (TPSA) is 46.6 Å². The largest absolute Gasteiger partial charge is 0.573 e. The molecule has 3 aromatic rings. The first-order chi connectivity index (χ1) is 14.7. The summed E-state index contributed by atoms with van der Waals surface area (Å²) in [6, 6.07) is 13.4. The highest BCUT2D eigenvalue weighted by molar-refractivity contribution is 7.15. The second-order valence-electron chi connectivity index (χ2n) is 7.07. The first kappa shape index (κ1) is 23.1. The Hall–Kier alpha value is -2.62. The summed E-state index contributed by atoms with van der Waals surface area (Å²) in [6.45, 7) is 2.36. The number of likely N-dealkylation sites (N-methyl/N-ethyl adjacent to an activating group) is 1. The van der Waals surface area contributed by atoms with Crippen LogP contribution in [0.25, 0.3) is 21.8 Å². The van der Waals surface area contributed by atoms with Gasteiger partial charge in [0.1, 0.15) is 16.5 Å². The normalized spacial score (nSPS) is 11.7. The van der Waals surface area contributed by atoms with E-state index in [0.717, 1.165) is 45.5 Å². The van der Waals surface area contributed by atoms with Crippen LogP contribution in [0, 0.1) is 0 Å². The number of alkyl halides is 3. The molecule has 0 atom stereocenters. The Bertz CT molecular complexity index is 988. The predicted octanol–water partition coefficient (Wildman–Crippen LogP) is 5.04. The number of benzene rings is 2. The Kier molecular flexibility index (Phi) is 7.53. The van der Waals surface area contributed by atoms with Gasteiger partial charge in [-0.05, 0) is 50.5 Å². The maximum atomic E-state index is 12.4. The maximum Gasteiger partial charge on any atom is 0.573 e. The molecule has 0 radical (unpaired) electrons. The van der Waals surface area contributed by atoms with Crippen molar-refractivity contribution in [3.8, 4) is 33.3 Å². The van der Waals surface area contributed by atoms with Gasteiger partial charge in [-0.1, -0.05) is 12.1 Å². The molecule has 0 aliphatic heterocycles. The summed E-state index contributed by atoms with van der Waals surface area (Å²) in [5, 5.41) is 4.15. The molecule has 0 aliphatic rings. The number of methoxy groups -OCH3 is 1. The van der Waals surface area contributed by atoms with Gasteiger partial charge in [0.15, 0.2) is 0 Å². The number of rotatable bonds is 9. The van der Waals surface area contributed by atoms with E-state index in [2.05, 4.69) is 15.0 Å². The van der Waals surface area contributed by atoms with Crippen LogP contribution in [0.5, 0.6) is 11.5 Å². The molecule has 1 N–H and O–H groups in total. The van der Waals surface area contributed by atoms with Crippen LogP contribution in [0.1, 0.15) is 4.88 Å². The zero-order valence-electron chi connectivity index (χ0n) is 17.5. The summed E-state index contributed by atoms with van der Waals surface area (Å²) in [7, 11) is 5.64. The molecular formula is C22H24F3N3O2S. The van der Waals surface area contributed by atoms with Crippen LogP contribution in [0.4, 0.5) is 13.2 Å². The molecular weight excluding hydrogens is 427 g/mol. The van der Waals surface area contributed by atoms with E-state index in [9.17, 15) is 13.2 Å². The lowest BCUT2D eigenvalue weighted by atomic mass is 10.1. The minimum atomic E-state index is -4.71. The molecule has 9 heteroatoms. The van der Waals surface area contributed by atoms with E-state index < -0.39 is 6.36 Å². The van der Waals surface area contributed by atoms with Gasteiger partial charge >= 0.3 is 6.36 Å². The first-order valence-electron chi connectivity index (χ1n) is 9.61. The summed E-state index contributed by atoms with van der Waals surface area (Å²) in [6.07, 6.45) is -4.71. The highest BCUT2D eigenvalue weighted by Crippen LogP contribution is 2.36. The van der Waals surface area contributed by atoms with Crippen molar-refractivity contribution in [3.63, 3.8) is 0 Å². The Labute approximate surface area is 183 Å². The summed E-state index contributed by atoms with van der Waals surface area (Å²) >= 11 is 1.51. The van der Waals surface area contributed by atoms with Gasteiger partial charge in [0.05, 0.1) is 12.8 Å². The lowest BCUT2D eigenvalue weighted by Crippen LogP contribution is -2.26. The van der Waals surface area contributed by atoms with Crippen LogP contribution in [0.2, 0.25) is 0 Å². The fraction of sp³-hybridized carbons (Fsp3) is 0.318. The van der Waals surface area contributed by atoms with Crippen molar-refractivity contribution in [2.24, 2.45) is 0 Å². The summed E-state index contributed by atoms with van der Waals surface area (Å²) < 4.78 is 46.5. The number of hydrogen-bond acceptors (Lipinski definition) is 6. The molecule has 0 spiro atoms. The lowest BCUT2D eigenvalue weighted by Gasteiger charge is -2.10. The molecule has 3 rings (SSSR count). The fourth-order valence-corrected chi connectivity index (χ4v) is 3.95. The number of hydrogen-bond donors (Lipinski definition) is 1. The van der Waals surface area contributed by atoms with E-state index in [-0.39, 0.29) is 5.75 Å². The first-order valence-corrected chi connectivity index (χ1v) is 10.4. The molecule has 0 bridgehead atoms. The van der Waals surface area contributed by atoms with Gasteiger partial charge in [-0.2, -0.15) is 0 Å². The van der Waals surface area contributed by atoms with E-state index in [4.69, 9.17) is 9.72 Å². The quantitative estimate of drug-likeness (QED) is 0.462. The van der Waals surface area contributed by atoms with Crippen molar-refractivity contribution in [3.05, 3.63) is 53.4 Å². The minimum absolute atomic E-state index is 0.258. The number of nitrogens with one attached hydrogen (secondary N) is 1. The molecule has 0 aliphatic carbocycles. The van der Waals surface area contributed by atoms with Gasteiger partial charge in [0.25, 0.3) is 0 Å². The van der Waals surface area contributed by atoms with Crippen molar-refractivity contribution in [1.82, 2.24) is 15.2 Å². The van der Waals surface area contributed by atoms with Crippen LogP contribution in [0.15, 0.2) is 48.5 Å². The maximum absolute atomic E-state index is 12.4. The number of ether oxygens (including phenoxy) is 2. The standard InChI is InChI=1S/C22H24F3N3O2S/c1-28(2)12-11-26-14-19-20(16-5-4-6-18(13-16)29-3)27-21(31-19)15-7-9-17(10-8-15)30-22(23,24)25/h4-10,13,26H,11-12,14H2,1-3H3. The summed E-state index contributed by atoms with van der Waals surface area (Å²) in [4.78, 5) is 7.93. The SMILES string of the molecule is COc1cccc(-c2nc(-c3ccc(OC(F)(F)F)cc3)sc2CNCCN(C)C)c1. The summed E-state index contributed by atoms with van der Waals surface area (Å²) in [5.41, 5.74) is 2.47.